The molecule has 86 valence electrons. The van der Waals surface area contributed by atoms with Crippen LogP contribution in [0.15, 0.2) is 24.3 Å². The lowest BCUT2D eigenvalue weighted by molar-refractivity contribution is 0.388. The molecule has 0 aliphatic carbocycles. The molecule has 3 heteroatoms. The van der Waals surface area contributed by atoms with Crippen LogP contribution in [0.4, 0.5) is 0 Å². The van der Waals surface area contributed by atoms with Crippen molar-refractivity contribution in [3.63, 3.8) is 0 Å². The Labute approximate surface area is 97.0 Å². The quantitative estimate of drug-likeness (QED) is 0.608. The number of nitrogens with one attached hydrogen (secondary N) is 1. The van der Waals surface area contributed by atoms with Crippen molar-refractivity contribution >= 4 is 0 Å². The normalized spacial score (nSPS) is 10.9. The van der Waals surface area contributed by atoms with Crippen LogP contribution in [0.25, 0.3) is 0 Å². The molecule has 0 spiro atoms. The second kappa shape index (κ2) is 5.53. The highest BCUT2D eigenvalue weighted by Gasteiger charge is 2.23. The summed E-state index contributed by atoms with van der Waals surface area (Å²) in [5.74, 6) is 0.895. The van der Waals surface area contributed by atoms with Crippen LogP contribution in [0.3, 0.4) is 0 Å². The van der Waals surface area contributed by atoms with Crippen LogP contribution in [0, 0.1) is 11.3 Å². The van der Waals surface area contributed by atoms with Gasteiger partial charge in [-0.3, -0.25) is 0 Å². The van der Waals surface area contributed by atoms with E-state index in [2.05, 4.69) is 31.3 Å². The molecule has 16 heavy (non-hydrogen) atoms. The predicted octanol–water partition coefficient (Wildman–Crippen LogP) is 2.09. The third-order valence-corrected chi connectivity index (χ3v) is 2.61. The van der Waals surface area contributed by atoms with Gasteiger partial charge in [0.15, 0.2) is 0 Å². The highest BCUT2D eigenvalue weighted by molar-refractivity contribution is 5.39. The minimum absolute atomic E-state index is 0.0521. The van der Waals surface area contributed by atoms with E-state index in [9.17, 15) is 0 Å². The maximum atomic E-state index is 8.50. The number of ether oxygens (including phenoxy) is 1. The summed E-state index contributed by atoms with van der Waals surface area (Å²) in [6.45, 7) is 5.39. The Balaban J connectivity index is 2.84. The number of hydrogen-bond acceptors (Lipinski definition) is 3. The molecule has 3 nitrogen and oxygen atoms in total. The van der Waals surface area contributed by atoms with Crippen molar-refractivity contribution in [1.29, 1.82) is 5.26 Å². The minimum Gasteiger partial charge on any atom is -0.496 e. The summed E-state index contributed by atoms with van der Waals surface area (Å²) in [6, 6.07) is 10.1. The van der Waals surface area contributed by atoms with E-state index in [0.29, 0.717) is 6.54 Å². The Kier molecular flexibility index (Phi) is 4.33. The van der Waals surface area contributed by atoms with Crippen molar-refractivity contribution in [2.75, 3.05) is 20.2 Å². The zero-order valence-electron chi connectivity index (χ0n) is 10.1. The van der Waals surface area contributed by atoms with Gasteiger partial charge in [0.05, 0.1) is 19.7 Å². The number of benzene rings is 1. The highest BCUT2D eigenvalue weighted by Crippen LogP contribution is 2.30. The molecule has 0 unspecified atom stereocenters. The molecular weight excluding hydrogens is 200 g/mol. The van der Waals surface area contributed by atoms with E-state index in [4.69, 9.17) is 10.00 Å². The number of nitriles is 1. The van der Waals surface area contributed by atoms with Gasteiger partial charge in [-0.2, -0.15) is 5.26 Å². The first-order valence-corrected chi connectivity index (χ1v) is 5.33. The molecule has 1 aromatic rings. The predicted molar refractivity (Wildman–Crippen MR) is 64.5 cm³/mol. The van der Waals surface area contributed by atoms with E-state index in [0.717, 1.165) is 17.9 Å². The third-order valence-electron chi connectivity index (χ3n) is 2.61. The molecule has 0 aliphatic rings. The van der Waals surface area contributed by atoms with E-state index in [1.165, 1.54) is 0 Å². The zero-order chi connectivity index (χ0) is 12.0. The summed E-state index contributed by atoms with van der Waals surface area (Å²) in [7, 11) is 1.68. The first-order valence-electron chi connectivity index (χ1n) is 5.33. The minimum atomic E-state index is -0.0521. The molecule has 1 N–H and O–H groups in total. The largest absolute Gasteiger partial charge is 0.496 e. The van der Waals surface area contributed by atoms with Crippen LogP contribution >= 0.6 is 0 Å². The van der Waals surface area contributed by atoms with Crippen molar-refractivity contribution in [2.24, 2.45) is 0 Å². The fourth-order valence-corrected chi connectivity index (χ4v) is 1.73. The van der Waals surface area contributed by atoms with Crippen LogP contribution in [-0.4, -0.2) is 20.2 Å². The Hall–Kier alpha value is -1.53. The molecule has 0 atom stereocenters. The second-order valence-corrected chi connectivity index (χ2v) is 4.35. The van der Waals surface area contributed by atoms with Gasteiger partial charge >= 0.3 is 0 Å². The lowest BCUT2D eigenvalue weighted by Crippen LogP contribution is -2.33. The molecule has 0 aromatic heterocycles. The lowest BCUT2D eigenvalue weighted by atomic mass is 9.84. The molecule has 0 radical (unpaired) electrons. The van der Waals surface area contributed by atoms with Crippen LogP contribution in [-0.2, 0) is 5.41 Å². The summed E-state index contributed by atoms with van der Waals surface area (Å²) in [6.07, 6.45) is 0. The molecule has 0 aliphatic heterocycles. The van der Waals surface area contributed by atoms with E-state index in [-0.39, 0.29) is 5.41 Å². The molecule has 0 saturated carbocycles. The van der Waals surface area contributed by atoms with Crippen molar-refractivity contribution < 1.29 is 4.74 Å². The van der Waals surface area contributed by atoms with E-state index in [1.54, 1.807) is 7.11 Å². The molecular formula is C13H18N2O. The summed E-state index contributed by atoms with van der Waals surface area (Å²) in [4.78, 5) is 0. The van der Waals surface area contributed by atoms with Gasteiger partial charge < -0.3 is 10.1 Å². The van der Waals surface area contributed by atoms with Crippen LogP contribution in [0.5, 0.6) is 5.75 Å². The monoisotopic (exact) mass is 218 g/mol. The number of methoxy groups -OCH3 is 1. The average Bonchev–Trinajstić information content (AvgIpc) is 2.29. The molecule has 1 aromatic carbocycles. The summed E-state index contributed by atoms with van der Waals surface area (Å²) in [5, 5.41) is 11.6. The third kappa shape index (κ3) is 2.98. The van der Waals surface area contributed by atoms with Gasteiger partial charge in [0.1, 0.15) is 5.75 Å². The molecule has 0 fully saturated rings. The van der Waals surface area contributed by atoms with E-state index in [1.807, 2.05) is 18.2 Å². The Bertz CT molecular complexity index is 380. The van der Waals surface area contributed by atoms with E-state index >= 15 is 0 Å². The topological polar surface area (TPSA) is 45.0 Å². The summed E-state index contributed by atoms with van der Waals surface area (Å²) < 4.78 is 5.35. The van der Waals surface area contributed by atoms with E-state index < -0.39 is 0 Å². The lowest BCUT2D eigenvalue weighted by Gasteiger charge is -2.27. The van der Waals surface area contributed by atoms with Crippen molar-refractivity contribution in [1.82, 2.24) is 5.32 Å². The molecule has 0 bridgehead atoms. The van der Waals surface area contributed by atoms with Crippen molar-refractivity contribution in [2.45, 2.75) is 19.3 Å². The first-order chi connectivity index (χ1) is 7.61. The fourth-order valence-electron chi connectivity index (χ4n) is 1.73. The zero-order valence-corrected chi connectivity index (χ0v) is 10.1. The SMILES string of the molecule is COc1ccccc1C(C)(C)CNCC#N. The molecule has 0 heterocycles. The van der Waals surface area contributed by atoms with Crippen molar-refractivity contribution in [3.05, 3.63) is 29.8 Å². The molecule has 0 saturated heterocycles. The van der Waals surface area contributed by atoms with Gasteiger partial charge in [0, 0.05) is 17.5 Å². The maximum Gasteiger partial charge on any atom is 0.122 e. The fraction of sp³-hybridized carbons (Fsp3) is 0.462. The Morgan fingerprint density at radius 2 is 2.06 bits per heavy atom. The number of para-hydroxylation sites is 1. The van der Waals surface area contributed by atoms with Gasteiger partial charge in [0.2, 0.25) is 0 Å². The standard InChI is InChI=1S/C13H18N2O/c1-13(2,10-15-9-8-14)11-6-4-5-7-12(11)16-3/h4-7,15H,9-10H2,1-3H3. The van der Waals surface area contributed by atoms with Gasteiger partial charge in [-0.25, -0.2) is 0 Å². The number of rotatable bonds is 5. The number of nitrogens with zero attached hydrogens (tertiary/aromatic N) is 1. The summed E-state index contributed by atoms with van der Waals surface area (Å²) in [5.41, 5.74) is 1.10. The first kappa shape index (κ1) is 12.5. The van der Waals surface area contributed by atoms with Crippen LogP contribution in [0.2, 0.25) is 0 Å². The van der Waals surface area contributed by atoms with Crippen LogP contribution < -0.4 is 10.1 Å². The number of hydrogen-bond donors (Lipinski definition) is 1. The summed E-state index contributed by atoms with van der Waals surface area (Å²) >= 11 is 0. The highest BCUT2D eigenvalue weighted by atomic mass is 16.5. The van der Waals surface area contributed by atoms with Gasteiger partial charge in [-0.05, 0) is 6.07 Å². The van der Waals surface area contributed by atoms with Crippen LogP contribution in [0.1, 0.15) is 19.4 Å². The molecule has 1 rings (SSSR count). The van der Waals surface area contributed by atoms with Gasteiger partial charge in [-0.15, -0.1) is 0 Å². The van der Waals surface area contributed by atoms with Gasteiger partial charge in [-0.1, -0.05) is 32.0 Å². The Morgan fingerprint density at radius 3 is 2.69 bits per heavy atom. The molecule has 0 amide bonds. The van der Waals surface area contributed by atoms with Gasteiger partial charge in [0.25, 0.3) is 0 Å². The maximum absolute atomic E-state index is 8.50. The average molecular weight is 218 g/mol. The second-order valence-electron chi connectivity index (χ2n) is 4.35. The Morgan fingerprint density at radius 1 is 1.38 bits per heavy atom. The van der Waals surface area contributed by atoms with Crippen molar-refractivity contribution in [3.8, 4) is 11.8 Å². The smallest absolute Gasteiger partial charge is 0.122 e.